The van der Waals surface area contributed by atoms with E-state index in [9.17, 15) is 13.6 Å². The Balaban J connectivity index is 1.90. The number of aromatic nitrogens is 2. The molecule has 9 heteroatoms. The number of benzene rings is 1. The summed E-state index contributed by atoms with van der Waals surface area (Å²) in [4.78, 5) is 12.1. The zero-order valence-corrected chi connectivity index (χ0v) is 15.7. The predicted octanol–water partition coefficient (Wildman–Crippen LogP) is 4.83. The molecule has 1 amide bonds. The second-order valence-electron chi connectivity index (χ2n) is 4.91. The maximum atomic E-state index is 13.6. The van der Waals surface area contributed by atoms with Gasteiger partial charge in [-0.1, -0.05) is 48.2 Å². The minimum Gasteiger partial charge on any atom is -0.323 e. The van der Waals surface area contributed by atoms with Crippen molar-refractivity contribution in [3.8, 4) is 0 Å². The highest BCUT2D eigenvalue weighted by Crippen LogP contribution is 2.32. The number of anilines is 1. The molecule has 0 fully saturated rings. The number of thioether (sulfide) groups is 2. The van der Waals surface area contributed by atoms with Gasteiger partial charge in [0.15, 0.2) is 8.68 Å². The molecule has 130 valence electrons. The third-order valence-corrected chi connectivity index (χ3v) is 6.27. The minimum absolute atomic E-state index is 0.166. The van der Waals surface area contributed by atoms with Crippen LogP contribution in [0.25, 0.3) is 0 Å². The molecule has 2 aromatic rings. The van der Waals surface area contributed by atoms with E-state index in [1.807, 2.05) is 0 Å². The molecule has 0 unspecified atom stereocenters. The molecule has 24 heavy (non-hydrogen) atoms. The summed E-state index contributed by atoms with van der Waals surface area (Å²) in [6.45, 7) is 3.81. The average Bonchev–Trinajstić information content (AvgIpc) is 2.98. The van der Waals surface area contributed by atoms with Gasteiger partial charge in [0.2, 0.25) is 5.91 Å². The van der Waals surface area contributed by atoms with Crippen molar-refractivity contribution < 1.29 is 13.6 Å². The highest BCUT2D eigenvalue weighted by atomic mass is 32.2. The highest BCUT2D eigenvalue weighted by molar-refractivity contribution is 8.03. The number of carbonyl (C=O) groups excluding carboxylic acids is 1. The first-order valence-corrected chi connectivity index (χ1v) is 10.1. The third kappa shape index (κ3) is 5.71. The number of rotatable bonds is 8. The zero-order chi connectivity index (χ0) is 17.5. The minimum atomic E-state index is -0.674. The van der Waals surface area contributed by atoms with Crippen LogP contribution in [0.1, 0.15) is 26.7 Å². The smallest absolute Gasteiger partial charge is 0.237 e. The Morgan fingerprint density at radius 2 is 2.08 bits per heavy atom. The van der Waals surface area contributed by atoms with Crippen LogP contribution in [0.15, 0.2) is 26.9 Å². The first kappa shape index (κ1) is 19.1. The molecule has 1 aromatic carbocycles. The summed E-state index contributed by atoms with van der Waals surface area (Å²) in [5, 5.41) is 10.0. The number of hydrogen-bond acceptors (Lipinski definition) is 6. The predicted molar refractivity (Wildman–Crippen MR) is 95.8 cm³/mol. The average molecular weight is 390 g/mol. The van der Waals surface area contributed by atoms with E-state index in [0.717, 1.165) is 41.1 Å². The van der Waals surface area contributed by atoms with Crippen molar-refractivity contribution in [2.75, 3.05) is 11.1 Å². The summed E-state index contributed by atoms with van der Waals surface area (Å²) < 4.78 is 28.2. The lowest BCUT2D eigenvalue weighted by Gasteiger charge is -2.10. The fourth-order valence-corrected chi connectivity index (χ4v) is 4.96. The van der Waals surface area contributed by atoms with Crippen LogP contribution in [-0.2, 0) is 4.79 Å². The molecule has 4 nitrogen and oxygen atoms in total. The lowest BCUT2D eigenvalue weighted by Crippen LogP contribution is -2.23. The maximum absolute atomic E-state index is 13.6. The Morgan fingerprint density at radius 3 is 2.83 bits per heavy atom. The Hall–Kier alpha value is -1.19. The number of nitrogens with one attached hydrogen (secondary N) is 1. The second-order valence-corrected chi connectivity index (χ2v) is 8.82. The molecule has 0 aliphatic carbocycles. The summed E-state index contributed by atoms with van der Waals surface area (Å²) in [7, 11) is 0. The van der Waals surface area contributed by atoms with Crippen LogP contribution in [0.3, 0.4) is 0 Å². The Morgan fingerprint density at radius 1 is 1.33 bits per heavy atom. The SMILES string of the molecule is CCCCSc1nnc(S[C@H](C)C(=O)Nc2cc(F)ccc2F)s1. The quantitative estimate of drug-likeness (QED) is 0.518. The number of amides is 1. The van der Waals surface area contributed by atoms with Crippen LogP contribution < -0.4 is 5.32 Å². The molecule has 0 aliphatic rings. The van der Waals surface area contributed by atoms with Crippen molar-refractivity contribution >= 4 is 46.5 Å². The lowest BCUT2D eigenvalue weighted by atomic mass is 10.3. The van der Waals surface area contributed by atoms with E-state index >= 15 is 0 Å². The van der Waals surface area contributed by atoms with E-state index in [2.05, 4.69) is 22.4 Å². The van der Waals surface area contributed by atoms with E-state index in [1.54, 1.807) is 18.7 Å². The fourth-order valence-electron chi connectivity index (χ4n) is 1.64. The first-order chi connectivity index (χ1) is 11.5. The first-order valence-electron chi connectivity index (χ1n) is 7.38. The molecular formula is C15H17F2N3OS3. The van der Waals surface area contributed by atoms with Gasteiger partial charge in [0.25, 0.3) is 0 Å². The van der Waals surface area contributed by atoms with Gasteiger partial charge >= 0.3 is 0 Å². The van der Waals surface area contributed by atoms with Gasteiger partial charge in [0, 0.05) is 11.8 Å². The largest absolute Gasteiger partial charge is 0.323 e. The molecule has 0 radical (unpaired) electrons. The summed E-state index contributed by atoms with van der Waals surface area (Å²) in [6, 6.07) is 2.94. The van der Waals surface area contributed by atoms with Gasteiger partial charge in [-0.3, -0.25) is 4.79 Å². The molecule has 1 aromatic heterocycles. The normalized spacial score (nSPS) is 12.2. The number of hydrogen-bond donors (Lipinski definition) is 1. The van der Waals surface area contributed by atoms with E-state index in [-0.39, 0.29) is 5.69 Å². The van der Waals surface area contributed by atoms with Gasteiger partial charge in [0.05, 0.1) is 10.9 Å². The van der Waals surface area contributed by atoms with Crippen molar-refractivity contribution in [3.63, 3.8) is 0 Å². The second kappa shape index (κ2) is 9.33. The van der Waals surface area contributed by atoms with Crippen molar-refractivity contribution in [1.82, 2.24) is 10.2 Å². The number of nitrogens with zero attached hydrogens (tertiary/aromatic N) is 2. The molecule has 0 bridgehead atoms. The van der Waals surface area contributed by atoms with Crippen LogP contribution in [-0.4, -0.2) is 27.1 Å². The highest BCUT2D eigenvalue weighted by Gasteiger charge is 2.19. The van der Waals surface area contributed by atoms with E-state index in [4.69, 9.17) is 0 Å². The number of carbonyl (C=O) groups is 1. The molecule has 1 N–H and O–H groups in total. The van der Waals surface area contributed by atoms with Gasteiger partial charge < -0.3 is 5.32 Å². The molecule has 0 saturated heterocycles. The standard InChI is InChI=1S/C15H17F2N3OS3/c1-3-4-7-22-14-19-20-15(24-14)23-9(2)13(21)18-12-8-10(16)5-6-11(12)17/h5-6,8-9H,3-4,7H2,1-2H3,(H,18,21)/t9-/m1/s1. The van der Waals surface area contributed by atoms with Gasteiger partial charge in [0.1, 0.15) is 11.6 Å². The van der Waals surface area contributed by atoms with Gasteiger partial charge in [-0.15, -0.1) is 10.2 Å². The molecule has 0 aliphatic heterocycles. The zero-order valence-electron chi connectivity index (χ0n) is 13.2. The van der Waals surface area contributed by atoms with Crippen LogP contribution in [0.5, 0.6) is 0 Å². The summed E-state index contributed by atoms with van der Waals surface area (Å²) in [5.74, 6) is -0.706. The maximum Gasteiger partial charge on any atom is 0.237 e. The van der Waals surface area contributed by atoms with Crippen molar-refractivity contribution in [1.29, 1.82) is 0 Å². The number of halogens is 2. The van der Waals surface area contributed by atoms with E-state index in [1.165, 1.54) is 23.1 Å². The molecule has 0 saturated carbocycles. The van der Waals surface area contributed by atoms with Crippen molar-refractivity contribution in [3.05, 3.63) is 29.8 Å². The van der Waals surface area contributed by atoms with Gasteiger partial charge in [-0.25, -0.2) is 8.78 Å². The molecule has 1 heterocycles. The van der Waals surface area contributed by atoms with Gasteiger partial charge in [-0.2, -0.15) is 0 Å². The summed E-state index contributed by atoms with van der Waals surface area (Å²) in [5.41, 5.74) is -0.166. The van der Waals surface area contributed by atoms with Crippen LogP contribution in [0.2, 0.25) is 0 Å². The monoisotopic (exact) mass is 389 g/mol. The van der Waals surface area contributed by atoms with Crippen LogP contribution in [0, 0.1) is 11.6 Å². The fraction of sp³-hybridized carbons (Fsp3) is 0.400. The van der Waals surface area contributed by atoms with Gasteiger partial charge in [-0.05, 0) is 25.5 Å². The summed E-state index contributed by atoms with van der Waals surface area (Å²) >= 11 is 4.32. The Kier molecular flexibility index (Phi) is 7.44. The van der Waals surface area contributed by atoms with Crippen LogP contribution in [0.4, 0.5) is 14.5 Å². The Labute approximate surface area is 151 Å². The van der Waals surface area contributed by atoms with E-state index < -0.39 is 22.8 Å². The summed E-state index contributed by atoms with van der Waals surface area (Å²) in [6.07, 6.45) is 2.24. The molecular weight excluding hydrogens is 372 g/mol. The van der Waals surface area contributed by atoms with Crippen molar-refractivity contribution in [2.45, 2.75) is 40.6 Å². The lowest BCUT2D eigenvalue weighted by molar-refractivity contribution is -0.115. The van der Waals surface area contributed by atoms with Crippen molar-refractivity contribution in [2.24, 2.45) is 0 Å². The van der Waals surface area contributed by atoms with E-state index in [0.29, 0.717) is 4.34 Å². The molecule has 2 rings (SSSR count). The van der Waals surface area contributed by atoms with Crippen LogP contribution >= 0.6 is 34.9 Å². The molecule has 0 spiro atoms. The topological polar surface area (TPSA) is 54.9 Å². The Bertz CT molecular complexity index is 696. The molecule has 1 atom stereocenters. The number of unbranched alkanes of at least 4 members (excludes halogenated alkanes) is 1. The third-order valence-electron chi connectivity index (χ3n) is 2.94.